The lowest BCUT2D eigenvalue weighted by Crippen LogP contribution is -2.27. The second-order valence-corrected chi connectivity index (χ2v) is 4.68. The molecule has 98 valence electrons. The van der Waals surface area contributed by atoms with Gasteiger partial charge in [0.25, 0.3) is 5.91 Å². The number of benzene rings is 2. The van der Waals surface area contributed by atoms with Gasteiger partial charge in [-0.3, -0.25) is 4.79 Å². The number of nitrogens with zero attached hydrogens (tertiary/aromatic N) is 1. The van der Waals surface area contributed by atoms with Crippen molar-refractivity contribution in [1.29, 1.82) is 0 Å². The summed E-state index contributed by atoms with van der Waals surface area (Å²) in [7, 11) is 1.86. The molecule has 0 aromatic heterocycles. The zero-order valence-electron chi connectivity index (χ0n) is 11.3. The Morgan fingerprint density at radius 1 is 0.947 bits per heavy atom. The summed E-state index contributed by atoms with van der Waals surface area (Å²) in [4.78, 5) is 13.9. The van der Waals surface area contributed by atoms with E-state index in [1.165, 1.54) is 5.56 Å². The zero-order valence-corrected chi connectivity index (χ0v) is 11.3. The Labute approximate surface area is 114 Å². The molecular formula is C17H19NO. The van der Waals surface area contributed by atoms with Gasteiger partial charge in [0.05, 0.1) is 0 Å². The fourth-order valence-electron chi connectivity index (χ4n) is 2.07. The predicted molar refractivity (Wildman–Crippen MR) is 78.2 cm³/mol. The lowest BCUT2D eigenvalue weighted by Gasteiger charge is -2.17. The fourth-order valence-corrected chi connectivity index (χ4v) is 2.07. The van der Waals surface area contributed by atoms with Crippen molar-refractivity contribution in [2.24, 2.45) is 0 Å². The average molecular weight is 253 g/mol. The molecule has 0 aliphatic rings. The van der Waals surface area contributed by atoms with Crippen LogP contribution in [0.15, 0.2) is 60.7 Å². The number of amides is 1. The zero-order chi connectivity index (χ0) is 13.5. The summed E-state index contributed by atoms with van der Waals surface area (Å²) in [6, 6.07) is 19.8. The molecule has 0 saturated carbocycles. The maximum absolute atomic E-state index is 12.1. The van der Waals surface area contributed by atoms with E-state index in [-0.39, 0.29) is 5.91 Å². The molecule has 0 N–H and O–H groups in total. The van der Waals surface area contributed by atoms with Crippen molar-refractivity contribution in [3.05, 3.63) is 71.8 Å². The third-order valence-electron chi connectivity index (χ3n) is 3.17. The van der Waals surface area contributed by atoms with Crippen LogP contribution in [0.2, 0.25) is 0 Å². The minimum Gasteiger partial charge on any atom is -0.342 e. The Balaban J connectivity index is 1.82. The van der Waals surface area contributed by atoms with E-state index in [9.17, 15) is 4.79 Å². The summed E-state index contributed by atoms with van der Waals surface area (Å²) >= 11 is 0. The number of aryl methyl sites for hydroxylation is 1. The summed E-state index contributed by atoms with van der Waals surface area (Å²) in [6.07, 6.45) is 1.99. The first kappa shape index (κ1) is 13.3. The Bertz CT molecular complexity index is 507. The summed E-state index contributed by atoms with van der Waals surface area (Å²) in [6.45, 7) is 0.780. The van der Waals surface area contributed by atoms with E-state index in [2.05, 4.69) is 12.1 Å². The van der Waals surface area contributed by atoms with E-state index in [4.69, 9.17) is 0 Å². The normalized spacial score (nSPS) is 10.2. The highest BCUT2D eigenvalue weighted by Crippen LogP contribution is 2.06. The van der Waals surface area contributed by atoms with Crippen molar-refractivity contribution in [1.82, 2.24) is 4.90 Å². The van der Waals surface area contributed by atoms with Gasteiger partial charge in [-0.25, -0.2) is 0 Å². The minimum absolute atomic E-state index is 0.0914. The van der Waals surface area contributed by atoms with Crippen LogP contribution in [0.25, 0.3) is 0 Å². The topological polar surface area (TPSA) is 20.3 Å². The first-order valence-electron chi connectivity index (χ1n) is 6.62. The van der Waals surface area contributed by atoms with Gasteiger partial charge in [0.2, 0.25) is 0 Å². The van der Waals surface area contributed by atoms with Crippen LogP contribution in [0.3, 0.4) is 0 Å². The number of hydrogen-bond donors (Lipinski definition) is 0. The molecule has 0 fully saturated rings. The van der Waals surface area contributed by atoms with Crippen molar-refractivity contribution in [2.75, 3.05) is 13.6 Å². The van der Waals surface area contributed by atoms with E-state index in [0.29, 0.717) is 0 Å². The third kappa shape index (κ3) is 3.95. The van der Waals surface area contributed by atoms with Gasteiger partial charge in [0.1, 0.15) is 0 Å². The van der Waals surface area contributed by atoms with Crippen LogP contribution in [-0.4, -0.2) is 24.4 Å². The predicted octanol–water partition coefficient (Wildman–Crippen LogP) is 3.39. The number of rotatable bonds is 5. The molecule has 1 amide bonds. The number of carbonyl (C=O) groups is 1. The van der Waals surface area contributed by atoms with Crippen molar-refractivity contribution < 1.29 is 4.79 Å². The second kappa shape index (κ2) is 6.74. The maximum Gasteiger partial charge on any atom is 0.253 e. The lowest BCUT2D eigenvalue weighted by atomic mass is 10.1. The average Bonchev–Trinajstić information content (AvgIpc) is 2.48. The van der Waals surface area contributed by atoms with Gasteiger partial charge in [-0.15, -0.1) is 0 Å². The Morgan fingerprint density at radius 3 is 2.16 bits per heavy atom. The molecule has 0 bridgehead atoms. The van der Waals surface area contributed by atoms with Crippen LogP contribution in [0, 0.1) is 0 Å². The molecule has 0 saturated heterocycles. The summed E-state index contributed by atoms with van der Waals surface area (Å²) in [5.74, 6) is 0.0914. The van der Waals surface area contributed by atoms with Crippen molar-refractivity contribution >= 4 is 5.91 Å². The van der Waals surface area contributed by atoms with Gasteiger partial charge >= 0.3 is 0 Å². The number of carbonyl (C=O) groups excluding carboxylic acids is 1. The van der Waals surface area contributed by atoms with Crippen molar-refractivity contribution in [3.63, 3.8) is 0 Å². The smallest absolute Gasteiger partial charge is 0.253 e. The first-order chi connectivity index (χ1) is 9.27. The molecule has 2 rings (SSSR count). The van der Waals surface area contributed by atoms with Gasteiger partial charge in [0, 0.05) is 19.2 Å². The molecule has 0 heterocycles. The monoisotopic (exact) mass is 253 g/mol. The van der Waals surface area contributed by atoms with Crippen LogP contribution >= 0.6 is 0 Å². The van der Waals surface area contributed by atoms with E-state index in [1.54, 1.807) is 4.90 Å². The van der Waals surface area contributed by atoms with E-state index in [0.717, 1.165) is 24.9 Å². The molecule has 0 atom stereocenters. The fraction of sp³-hybridized carbons (Fsp3) is 0.235. The van der Waals surface area contributed by atoms with Crippen molar-refractivity contribution in [3.8, 4) is 0 Å². The molecule has 0 aliphatic heterocycles. The quantitative estimate of drug-likeness (QED) is 0.800. The molecule has 2 heteroatoms. The van der Waals surface area contributed by atoms with Crippen molar-refractivity contribution in [2.45, 2.75) is 12.8 Å². The third-order valence-corrected chi connectivity index (χ3v) is 3.17. The Kier molecular flexibility index (Phi) is 4.73. The molecular weight excluding hydrogens is 234 g/mol. The van der Waals surface area contributed by atoms with Gasteiger partial charge in [-0.1, -0.05) is 48.5 Å². The van der Waals surface area contributed by atoms with E-state index in [1.807, 2.05) is 55.6 Å². The summed E-state index contributed by atoms with van der Waals surface area (Å²) in [5.41, 5.74) is 2.08. The van der Waals surface area contributed by atoms with Crippen LogP contribution in [0.5, 0.6) is 0 Å². The SMILES string of the molecule is CN(CCCc1ccccc1)C(=O)c1ccccc1. The van der Waals surface area contributed by atoms with Crippen LogP contribution < -0.4 is 0 Å². The van der Waals surface area contributed by atoms with Gasteiger partial charge in [0.15, 0.2) is 0 Å². The van der Waals surface area contributed by atoms with Gasteiger partial charge in [-0.05, 0) is 30.5 Å². The summed E-state index contributed by atoms with van der Waals surface area (Å²) < 4.78 is 0. The number of hydrogen-bond acceptors (Lipinski definition) is 1. The van der Waals surface area contributed by atoms with Gasteiger partial charge < -0.3 is 4.90 Å². The van der Waals surface area contributed by atoms with Gasteiger partial charge in [-0.2, -0.15) is 0 Å². The Hall–Kier alpha value is -2.09. The maximum atomic E-state index is 12.1. The van der Waals surface area contributed by atoms with Crippen LogP contribution in [-0.2, 0) is 6.42 Å². The highest BCUT2D eigenvalue weighted by molar-refractivity contribution is 5.93. The standard InChI is InChI=1S/C17H19NO/c1-18(17(19)16-12-6-3-7-13-16)14-8-11-15-9-4-2-5-10-15/h2-7,9-10,12-13H,8,11,14H2,1H3. The van der Waals surface area contributed by atoms with E-state index < -0.39 is 0 Å². The second-order valence-electron chi connectivity index (χ2n) is 4.68. The largest absolute Gasteiger partial charge is 0.342 e. The lowest BCUT2D eigenvalue weighted by molar-refractivity contribution is 0.0793. The highest BCUT2D eigenvalue weighted by atomic mass is 16.2. The molecule has 0 aliphatic carbocycles. The molecule has 0 radical (unpaired) electrons. The van der Waals surface area contributed by atoms with Crippen LogP contribution in [0.1, 0.15) is 22.3 Å². The van der Waals surface area contributed by atoms with Crippen LogP contribution in [0.4, 0.5) is 0 Å². The molecule has 0 spiro atoms. The first-order valence-corrected chi connectivity index (χ1v) is 6.62. The molecule has 0 unspecified atom stereocenters. The molecule has 19 heavy (non-hydrogen) atoms. The highest BCUT2D eigenvalue weighted by Gasteiger charge is 2.10. The molecule has 2 aromatic rings. The molecule has 2 aromatic carbocycles. The molecule has 2 nitrogen and oxygen atoms in total. The minimum atomic E-state index is 0.0914. The Morgan fingerprint density at radius 2 is 1.53 bits per heavy atom. The summed E-state index contributed by atoms with van der Waals surface area (Å²) in [5, 5.41) is 0. The van der Waals surface area contributed by atoms with E-state index >= 15 is 0 Å².